The van der Waals surface area contributed by atoms with Crippen LogP contribution in [0.5, 0.6) is 0 Å². The first-order chi connectivity index (χ1) is 7.58. The van der Waals surface area contributed by atoms with E-state index in [2.05, 4.69) is 18.0 Å². The third kappa shape index (κ3) is 2.15. The van der Waals surface area contributed by atoms with E-state index in [1.54, 1.807) is 6.92 Å². The third-order valence-corrected chi connectivity index (χ3v) is 3.11. The van der Waals surface area contributed by atoms with Crippen LogP contribution in [-0.2, 0) is 13.0 Å². The van der Waals surface area contributed by atoms with Gasteiger partial charge in [-0.25, -0.2) is 0 Å². The molecule has 1 aliphatic rings. The van der Waals surface area contributed by atoms with Gasteiger partial charge >= 0.3 is 0 Å². The van der Waals surface area contributed by atoms with Gasteiger partial charge in [0.25, 0.3) is 0 Å². The lowest BCUT2D eigenvalue weighted by Gasteiger charge is -2.25. The molecule has 1 heterocycles. The number of carbonyl (C=O) groups excluding carboxylic acids is 1. The zero-order valence-electron chi connectivity index (χ0n) is 9.86. The maximum absolute atomic E-state index is 11.8. The molecule has 0 fully saturated rings. The third-order valence-electron chi connectivity index (χ3n) is 3.11. The van der Waals surface area contributed by atoms with E-state index in [1.807, 2.05) is 12.1 Å². The molecular formula is C13H18N2O. The molecule has 1 unspecified atom stereocenters. The lowest BCUT2D eigenvalue weighted by atomic mass is 9.95. The van der Waals surface area contributed by atoms with Crippen LogP contribution in [0, 0.1) is 0 Å². The van der Waals surface area contributed by atoms with Crippen molar-refractivity contribution in [2.45, 2.75) is 25.9 Å². The molecule has 0 radical (unpaired) electrons. The topological polar surface area (TPSA) is 46.3 Å². The lowest BCUT2D eigenvalue weighted by Crippen LogP contribution is -2.29. The fourth-order valence-corrected chi connectivity index (χ4v) is 2.11. The van der Waals surface area contributed by atoms with Gasteiger partial charge in [0.15, 0.2) is 5.78 Å². The van der Waals surface area contributed by atoms with Gasteiger partial charge in [-0.3, -0.25) is 4.79 Å². The minimum atomic E-state index is -0.413. The van der Waals surface area contributed by atoms with E-state index in [-0.39, 0.29) is 5.78 Å². The fourth-order valence-electron chi connectivity index (χ4n) is 2.11. The Morgan fingerprint density at radius 2 is 2.19 bits per heavy atom. The van der Waals surface area contributed by atoms with Gasteiger partial charge in [0.05, 0.1) is 6.04 Å². The van der Waals surface area contributed by atoms with E-state index in [1.165, 1.54) is 11.1 Å². The molecule has 3 heteroatoms. The number of nitrogens with zero attached hydrogens (tertiary/aromatic N) is 1. The summed E-state index contributed by atoms with van der Waals surface area (Å²) in [6, 6.07) is 5.54. The highest BCUT2D eigenvalue weighted by Crippen LogP contribution is 2.19. The van der Waals surface area contributed by atoms with E-state index in [9.17, 15) is 4.79 Å². The monoisotopic (exact) mass is 218 g/mol. The maximum Gasteiger partial charge on any atom is 0.179 e. The Bertz CT molecular complexity index is 412. The van der Waals surface area contributed by atoms with Crippen molar-refractivity contribution >= 4 is 5.78 Å². The van der Waals surface area contributed by atoms with Crippen LogP contribution in [0.3, 0.4) is 0 Å². The largest absolute Gasteiger partial charge is 0.321 e. The van der Waals surface area contributed by atoms with Crippen molar-refractivity contribution in [3.05, 3.63) is 34.9 Å². The molecule has 0 saturated heterocycles. The second kappa shape index (κ2) is 4.36. The van der Waals surface area contributed by atoms with Crippen molar-refractivity contribution in [1.82, 2.24) is 4.90 Å². The van der Waals surface area contributed by atoms with Crippen molar-refractivity contribution in [2.24, 2.45) is 5.73 Å². The molecule has 1 aromatic carbocycles. The molecular weight excluding hydrogens is 200 g/mol. The minimum Gasteiger partial charge on any atom is -0.321 e. The van der Waals surface area contributed by atoms with E-state index < -0.39 is 6.04 Å². The van der Waals surface area contributed by atoms with E-state index in [0.717, 1.165) is 25.1 Å². The zero-order valence-corrected chi connectivity index (χ0v) is 9.86. The molecule has 1 aliphatic heterocycles. The van der Waals surface area contributed by atoms with E-state index >= 15 is 0 Å². The highest BCUT2D eigenvalue weighted by molar-refractivity contribution is 5.99. The fraction of sp³-hybridized carbons (Fsp3) is 0.462. The minimum absolute atomic E-state index is 0.0294. The Morgan fingerprint density at radius 1 is 1.44 bits per heavy atom. The average molecular weight is 218 g/mol. The lowest BCUT2D eigenvalue weighted by molar-refractivity contribution is 0.0968. The first kappa shape index (κ1) is 11.3. The molecule has 0 spiro atoms. The van der Waals surface area contributed by atoms with Crippen molar-refractivity contribution < 1.29 is 4.79 Å². The van der Waals surface area contributed by atoms with Crippen LogP contribution in [0.4, 0.5) is 0 Å². The van der Waals surface area contributed by atoms with Crippen LogP contribution in [-0.4, -0.2) is 30.3 Å². The summed E-state index contributed by atoms with van der Waals surface area (Å²) in [6.45, 7) is 3.76. The van der Waals surface area contributed by atoms with E-state index in [0.29, 0.717) is 0 Å². The summed E-state index contributed by atoms with van der Waals surface area (Å²) >= 11 is 0. The summed E-state index contributed by atoms with van der Waals surface area (Å²) < 4.78 is 0. The van der Waals surface area contributed by atoms with Crippen LogP contribution in [0.2, 0.25) is 0 Å². The van der Waals surface area contributed by atoms with Gasteiger partial charge in [-0.1, -0.05) is 12.1 Å². The van der Waals surface area contributed by atoms with Crippen LogP contribution >= 0.6 is 0 Å². The summed E-state index contributed by atoms with van der Waals surface area (Å²) in [7, 11) is 2.12. The first-order valence-corrected chi connectivity index (χ1v) is 5.68. The Hall–Kier alpha value is -1.19. The van der Waals surface area contributed by atoms with Gasteiger partial charge in [-0.05, 0) is 37.6 Å². The van der Waals surface area contributed by atoms with Gasteiger partial charge in [0.2, 0.25) is 0 Å². The van der Waals surface area contributed by atoms with Crippen LogP contribution in [0.1, 0.15) is 28.4 Å². The van der Waals surface area contributed by atoms with Crippen LogP contribution in [0.15, 0.2) is 18.2 Å². The summed E-state index contributed by atoms with van der Waals surface area (Å²) in [5, 5.41) is 0. The zero-order chi connectivity index (χ0) is 11.7. The number of likely N-dealkylation sites (N-methyl/N-ethyl adjacent to an activating group) is 1. The number of nitrogens with two attached hydrogens (primary N) is 1. The molecule has 0 amide bonds. The molecule has 2 rings (SSSR count). The van der Waals surface area contributed by atoms with Crippen molar-refractivity contribution in [1.29, 1.82) is 0 Å². The standard InChI is InChI=1S/C13H18N2O/c1-9(14)13(16)11-3-4-12-8-15(2)6-5-10(12)7-11/h3-4,7,9H,5-6,8,14H2,1-2H3. The molecule has 2 N–H and O–H groups in total. The second-order valence-corrected chi connectivity index (χ2v) is 4.62. The van der Waals surface area contributed by atoms with Crippen molar-refractivity contribution in [3.63, 3.8) is 0 Å². The Kier molecular flexibility index (Phi) is 3.08. The maximum atomic E-state index is 11.8. The summed E-state index contributed by atoms with van der Waals surface area (Å²) in [4.78, 5) is 14.0. The Labute approximate surface area is 96.2 Å². The predicted molar refractivity (Wildman–Crippen MR) is 64.5 cm³/mol. The molecule has 0 aromatic heterocycles. The number of fused-ring (bicyclic) bond motifs is 1. The van der Waals surface area contributed by atoms with Gasteiger partial charge in [-0.15, -0.1) is 0 Å². The number of Topliss-reactive ketones (excluding diaryl/α,β-unsaturated/α-hetero) is 1. The van der Waals surface area contributed by atoms with Gasteiger partial charge in [-0.2, -0.15) is 0 Å². The summed E-state index contributed by atoms with van der Waals surface area (Å²) in [5.41, 5.74) is 8.98. The molecule has 16 heavy (non-hydrogen) atoms. The molecule has 3 nitrogen and oxygen atoms in total. The van der Waals surface area contributed by atoms with Crippen LogP contribution < -0.4 is 5.73 Å². The number of ketones is 1. The first-order valence-electron chi connectivity index (χ1n) is 5.68. The summed E-state index contributed by atoms with van der Waals surface area (Å²) in [5.74, 6) is 0.0294. The number of hydrogen-bond donors (Lipinski definition) is 1. The van der Waals surface area contributed by atoms with Crippen molar-refractivity contribution in [2.75, 3.05) is 13.6 Å². The highest BCUT2D eigenvalue weighted by Gasteiger charge is 2.16. The molecule has 1 atom stereocenters. The number of carbonyl (C=O) groups is 1. The van der Waals surface area contributed by atoms with Gasteiger partial charge in [0, 0.05) is 18.7 Å². The molecule has 1 aromatic rings. The van der Waals surface area contributed by atoms with Gasteiger partial charge < -0.3 is 10.6 Å². The number of rotatable bonds is 2. The highest BCUT2D eigenvalue weighted by atomic mass is 16.1. The molecule has 0 saturated carbocycles. The van der Waals surface area contributed by atoms with E-state index in [4.69, 9.17) is 5.73 Å². The average Bonchev–Trinajstić information content (AvgIpc) is 2.27. The SMILES string of the molecule is CC(N)C(=O)c1ccc2c(c1)CCN(C)C2. The van der Waals surface area contributed by atoms with Crippen molar-refractivity contribution in [3.8, 4) is 0 Å². The van der Waals surface area contributed by atoms with Crippen LogP contribution in [0.25, 0.3) is 0 Å². The smallest absolute Gasteiger partial charge is 0.179 e. The Balaban J connectivity index is 2.29. The summed E-state index contributed by atoms with van der Waals surface area (Å²) in [6.07, 6.45) is 1.02. The molecule has 86 valence electrons. The predicted octanol–water partition coefficient (Wildman–Crippen LogP) is 1.20. The molecule has 0 aliphatic carbocycles. The van der Waals surface area contributed by atoms with Gasteiger partial charge in [0.1, 0.15) is 0 Å². The number of benzene rings is 1. The number of hydrogen-bond acceptors (Lipinski definition) is 3. The molecule has 0 bridgehead atoms. The quantitative estimate of drug-likeness (QED) is 0.759. The second-order valence-electron chi connectivity index (χ2n) is 4.62. The normalized spacial score (nSPS) is 17.9. The Morgan fingerprint density at radius 3 is 2.88 bits per heavy atom.